The van der Waals surface area contributed by atoms with Crippen molar-refractivity contribution in [1.82, 2.24) is 14.9 Å². The predicted octanol–water partition coefficient (Wildman–Crippen LogP) is 3.72. The van der Waals surface area contributed by atoms with Crippen molar-refractivity contribution < 1.29 is 0 Å². The molecule has 0 aliphatic rings. The fourth-order valence-electron chi connectivity index (χ4n) is 2.26. The maximum absolute atomic E-state index is 4.40. The van der Waals surface area contributed by atoms with Crippen LogP contribution in [0.3, 0.4) is 0 Å². The number of benzene rings is 1. The molecule has 22 heavy (non-hydrogen) atoms. The second-order valence-corrected chi connectivity index (χ2v) is 6.27. The number of thiophene rings is 1. The van der Waals surface area contributed by atoms with Gasteiger partial charge in [0.25, 0.3) is 0 Å². The normalized spacial score (nSPS) is 11.2. The molecule has 0 aliphatic carbocycles. The van der Waals surface area contributed by atoms with Crippen LogP contribution in [0.15, 0.2) is 42.7 Å². The summed E-state index contributed by atoms with van der Waals surface area (Å²) in [6.45, 7) is 5.09. The molecule has 3 rings (SSSR count). The fourth-order valence-corrected chi connectivity index (χ4v) is 3.27. The van der Waals surface area contributed by atoms with Gasteiger partial charge in [-0.3, -0.25) is 0 Å². The molecule has 0 fully saturated rings. The molecule has 0 spiro atoms. The number of nitrogens with one attached hydrogen (secondary N) is 1. The minimum atomic E-state index is 0.882. The third kappa shape index (κ3) is 3.26. The number of hydrogen-bond donors (Lipinski definition) is 1. The summed E-state index contributed by atoms with van der Waals surface area (Å²) in [6, 6.07) is 12.6. The molecule has 0 amide bonds. The molecule has 2 heterocycles. The summed E-state index contributed by atoms with van der Waals surface area (Å²) in [5.41, 5.74) is 1.22. The topological polar surface area (TPSA) is 41.0 Å². The Balaban J connectivity index is 1.84. The van der Waals surface area contributed by atoms with Crippen LogP contribution < -0.4 is 5.32 Å². The van der Waals surface area contributed by atoms with Gasteiger partial charge in [-0.2, -0.15) is 0 Å². The van der Waals surface area contributed by atoms with Crippen molar-refractivity contribution in [1.29, 1.82) is 0 Å². The van der Waals surface area contributed by atoms with Crippen molar-refractivity contribution in [3.05, 3.63) is 42.7 Å². The van der Waals surface area contributed by atoms with Crippen molar-refractivity contribution in [2.24, 2.45) is 0 Å². The third-order valence-electron chi connectivity index (χ3n) is 3.71. The largest absolute Gasteiger partial charge is 0.368 e. The lowest BCUT2D eigenvalue weighted by molar-refractivity contribution is 0.367. The Hall–Kier alpha value is -1.98. The van der Waals surface area contributed by atoms with Crippen LogP contribution in [-0.4, -0.2) is 41.5 Å². The van der Waals surface area contributed by atoms with Crippen LogP contribution in [0, 0.1) is 0 Å². The Bertz CT molecular complexity index is 739. The fraction of sp³-hybridized carbons (Fsp3) is 0.294. The molecular formula is C17H20N4S. The number of likely N-dealkylation sites (N-methyl/N-ethyl adjacent to an activating group) is 1. The highest BCUT2D eigenvalue weighted by molar-refractivity contribution is 7.21. The summed E-state index contributed by atoms with van der Waals surface area (Å²) >= 11 is 1.71. The van der Waals surface area contributed by atoms with Crippen molar-refractivity contribution in [3.63, 3.8) is 0 Å². The molecule has 0 aliphatic heterocycles. The second kappa shape index (κ2) is 6.85. The van der Waals surface area contributed by atoms with Crippen molar-refractivity contribution in [2.75, 3.05) is 32.0 Å². The number of anilines is 1. The molecule has 5 heteroatoms. The zero-order chi connectivity index (χ0) is 15.4. The first-order valence-corrected chi connectivity index (χ1v) is 8.32. The first kappa shape index (κ1) is 14.9. The molecule has 0 atom stereocenters. The van der Waals surface area contributed by atoms with E-state index in [0.29, 0.717) is 0 Å². The number of hydrogen-bond acceptors (Lipinski definition) is 5. The van der Waals surface area contributed by atoms with E-state index in [1.807, 2.05) is 6.07 Å². The molecule has 4 nitrogen and oxygen atoms in total. The summed E-state index contributed by atoms with van der Waals surface area (Å²) in [7, 11) is 2.12. The van der Waals surface area contributed by atoms with Crippen LogP contribution in [0.5, 0.6) is 0 Å². The summed E-state index contributed by atoms with van der Waals surface area (Å²) in [4.78, 5) is 13.3. The summed E-state index contributed by atoms with van der Waals surface area (Å²) in [5.74, 6) is 0.924. The van der Waals surface area contributed by atoms with Gasteiger partial charge in [0, 0.05) is 18.0 Å². The maximum Gasteiger partial charge on any atom is 0.138 e. The average molecular weight is 312 g/mol. The van der Waals surface area contributed by atoms with Gasteiger partial charge >= 0.3 is 0 Å². The Kier molecular flexibility index (Phi) is 4.65. The van der Waals surface area contributed by atoms with Gasteiger partial charge in [0.2, 0.25) is 0 Å². The molecule has 0 saturated carbocycles. The van der Waals surface area contributed by atoms with Gasteiger partial charge in [-0.15, -0.1) is 11.3 Å². The van der Waals surface area contributed by atoms with E-state index in [2.05, 4.69) is 64.5 Å². The van der Waals surface area contributed by atoms with Crippen molar-refractivity contribution >= 4 is 27.4 Å². The maximum atomic E-state index is 4.40. The molecule has 2 aromatic heterocycles. The molecular weight excluding hydrogens is 292 g/mol. The van der Waals surface area contributed by atoms with E-state index in [9.17, 15) is 0 Å². The lowest BCUT2D eigenvalue weighted by Crippen LogP contribution is -2.24. The molecule has 114 valence electrons. The zero-order valence-corrected chi connectivity index (χ0v) is 13.7. The smallest absolute Gasteiger partial charge is 0.138 e. The third-order valence-corrected chi connectivity index (χ3v) is 4.81. The quantitative estimate of drug-likeness (QED) is 0.753. The van der Waals surface area contributed by atoms with Crippen LogP contribution in [0.25, 0.3) is 20.7 Å². The van der Waals surface area contributed by atoms with Crippen LogP contribution in [0.1, 0.15) is 6.92 Å². The van der Waals surface area contributed by atoms with E-state index in [1.165, 1.54) is 10.4 Å². The van der Waals surface area contributed by atoms with Crippen LogP contribution >= 0.6 is 11.3 Å². The predicted molar refractivity (Wildman–Crippen MR) is 94.5 cm³/mol. The SMILES string of the molecule is CCN(C)CCNc1ncnc2sc(-c3ccccc3)cc12. The standard InChI is InChI=1S/C17H20N4S/c1-3-21(2)10-9-18-16-14-11-15(13-7-5-4-6-8-13)22-17(14)20-12-19-16/h4-8,11-12H,3,9-10H2,1-2H3,(H,18,19,20). The van der Waals surface area contributed by atoms with E-state index < -0.39 is 0 Å². The van der Waals surface area contributed by atoms with Crippen LogP contribution in [0.2, 0.25) is 0 Å². The Morgan fingerprint density at radius 1 is 1.18 bits per heavy atom. The number of nitrogens with zero attached hydrogens (tertiary/aromatic N) is 3. The van der Waals surface area contributed by atoms with Gasteiger partial charge in [-0.1, -0.05) is 37.3 Å². The Morgan fingerprint density at radius 3 is 2.77 bits per heavy atom. The molecule has 0 unspecified atom stereocenters. The molecule has 0 saturated heterocycles. The molecule has 0 radical (unpaired) electrons. The van der Waals surface area contributed by atoms with Gasteiger partial charge in [0.15, 0.2) is 0 Å². The highest BCUT2D eigenvalue weighted by Crippen LogP contribution is 2.34. The lowest BCUT2D eigenvalue weighted by atomic mass is 10.2. The highest BCUT2D eigenvalue weighted by Gasteiger charge is 2.09. The second-order valence-electron chi connectivity index (χ2n) is 5.24. The van der Waals surface area contributed by atoms with E-state index in [-0.39, 0.29) is 0 Å². The average Bonchev–Trinajstić information content (AvgIpc) is 3.00. The molecule has 3 aromatic rings. The highest BCUT2D eigenvalue weighted by atomic mass is 32.1. The van der Waals surface area contributed by atoms with E-state index in [1.54, 1.807) is 17.7 Å². The number of fused-ring (bicyclic) bond motifs is 1. The number of aromatic nitrogens is 2. The Labute approximate surface area is 134 Å². The van der Waals surface area contributed by atoms with Crippen molar-refractivity contribution in [3.8, 4) is 10.4 Å². The summed E-state index contributed by atoms with van der Waals surface area (Å²) in [5, 5.41) is 4.53. The first-order valence-electron chi connectivity index (χ1n) is 7.50. The first-order chi connectivity index (χ1) is 10.8. The van der Waals surface area contributed by atoms with Gasteiger partial charge in [0.05, 0.1) is 5.39 Å². The monoisotopic (exact) mass is 312 g/mol. The summed E-state index contributed by atoms with van der Waals surface area (Å²) < 4.78 is 0. The summed E-state index contributed by atoms with van der Waals surface area (Å²) in [6.07, 6.45) is 1.64. The van der Waals surface area contributed by atoms with Crippen LogP contribution in [0.4, 0.5) is 5.82 Å². The van der Waals surface area contributed by atoms with E-state index in [4.69, 9.17) is 0 Å². The van der Waals surface area contributed by atoms with E-state index >= 15 is 0 Å². The zero-order valence-electron chi connectivity index (χ0n) is 12.9. The Morgan fingerprint density at radius 2 is 2.00 bits per heavy atom. The minimum Gasteiger partial charge on any atom is -0.368 e. The number of rotatable bonds is 6. The van der Waals surface area contributed by atoms with E-state index in [0.717, 1.165) is 35.7 Å². The van der Waals surface area contributed by atoms with Gasteiger partial charge in [0.1, 0.15) is 17.0 Å². The van der Waals surface area contributed by atoms with Gasteiger partial charge < -0.3 is 10.2 Å². The van der Waals surface area contributed by atoms with Gasteiger partial charge in [-0.25, -0.2) is 9.97 Å². The lowest BCUT2D eigenvalue weighted by Gasteiger charge is -2.14. The van der Waals surface area contributed by atoms with Gasteiger partial charge in [-0.05, 0) is 25.2 Å². The molecule has 0 bridgehead atoms. The molecule has 1 aromatic carbocycles. The minimum absolute atomic E-state index is 0.882. The molecule has 1 N–H and O–H groups in total. The van der Waals surface area contributed by atoms with Crippen molar-refractivity contribution in [2.45, 2.75) is 6.92 Å². The van der Waals surface area contributed by atoms with Crippen LogP contribution in [-0.2, 0) is 0 Å².